The third-order valence-corrected chi connectivity index (χ3v) is 3.19. The highest BCUT2D eigenvalue weighted by Gasteiger charge is 2.08. The molecule has 100 valence electrons. The molecule has 0 atom stereocenters. The van der Waals surface area contributed by atoms with Crippen molar-refractivity contribution >= 4 is 5.69 Å². The molecule has 2 aromatic carbocycles. The summed E-state index contributed by atoms with van der Waals surface area (Å²) in [5, 5.41) is 3.42. The number of rotatable bonds is 5. The van der Waals surface area contributed by atoms with E-state index in [9.17, 15) is 0 Å². The average molecular weight is 255 g/mol. The van der Waals surface area contributed by atoms with E-state index in [0.29, 0.717) is 5.92 Å². The first-order valence-corrected chi connectivity index (χ1v) is 6.66. The Morgan fingerprint density at radius 1 is 1.05 bits per heavy atom. The van der Waals surface area contributed by atoms with Crippen molar-refractivity contribution in [2.24, 2.45) is 0 Å². The quantitative estimate of drug-likeness (QED) is 0.853. The lowest BCUT2D eigenvalue weighted by atomic mass is 9.99. The Balaban J connectivity index is 2.11. The van der Waals surface area contributed by atoms with Crippen molar-refractivity contribution in [3.05, 3.63) is 59.7 Å². The van der Waals surface area contributed by atoms with Gasteiger partial charge in [-0.1, -0.05) is 44.2 Å². The lowest BCUT2D eigenvalue weighted by Gasteiger charge is -2.14. The maximum absolute atomic E-state index is 5.40. The number of benzene rings is 2. The number of hydrogen-bond donors (Lipinski definition) is 1. The Morgan fingerprint density at radius 2 is 1.79 bits per heavy atom. The number of hydrogen-bond acceptors (Lipinski definition) is 2. The SMILES string of the molecule is COc1ccc(CNc2ccccc2)cc1C(C)C. The summed E-state index contributed by atoms with van der Waals surface area (Å²) in [7, 11) is 1.73. The summed E-state index contributed by atoms with van der Waals surface area (Å²) in [6.07, 6.45) is 0. The van der Waals surface area contributed by atoms with Crippen LogP contribution in [0.5, 0.6) is 5.75 Å². The van der Waals surface area contributed by atoms with Crippen LogP contribution in [0.1, 0.15) is 30.9 Å². The van der Waals surface area contributed by atoms with Crippen LogP contribution in [0.3, 0.4) is 0 Å². The highest BCUT2D eigenvalue weighted by atomic mass is 16.5. The molecule has 0 aliphatic rings. The minimum atomic E-state index is 0.464. The molecule has 0 radical (unpaired) electrons. The molecule has 2 nitrogen and oxygen atoms in total. The average Bonchev–Trinajstić information content (AvgIpc) is 2.46. The van der Waals surface area contributed by atoms with Gasteiger partial charge in [0.25, 0.3) is 0 Å². The van der Waals surface area contributed by atoms with Gasteiger partial charge in [0.15, 0.2) is 0 Å². The van der Waals surface area contributed by atoms with Gasteiger partial charge in [0.2, 0.25) is 0 Å². The minimum Gasteiger partial charge on any atom is -0.496 e. The van der Waals surface area contributed by atoms with Crippen LogP contribution in [-0.4, -0.2) is 7.11 Å². The molecule has 19 heavy (non-hydrogen) atoms. The fourth-order valence-electron chi connectivity index (χ4n) is 2.11. The second-order valence-corrected chi connectivity index (χ2v) is 4.95. The van der Waals surface area contributed by atoms with Crippen molar-refractivity contribution in [1.29, 1.82) is 0 Å². The molecule has 0 aliphatic carbocycles. The maximum Gasteiger partial charge on any atom is 0.122 e. The standard InChI is InChI=1S/C17H21NO/c1-13(2)16-11-14(9-10-17(16)19-3)12-18-15-7-5-4-6-8-15/h4-11,13,18H,12H2,1-3H3. The number of para-hydroxylation sites is 1. The maximum atomic E-state index is 5.40. The molecule has 0 aromatic heterocycles. The Morgan fingerprint density at radius 3 is 2.42 bits per heavy atom. The second kappa shape index (κ2) is 6.28. The van der Waals surface area contributed by atoms with Gasteiger partial charge in [-0.2, -0.15) is 0 Å². The van der Waals surface area contributed by atoms with Crippen molar-refractivity contribution < 1.29 is 4.74 Å². The van der Waals surface area contributed by atoms with Gasteiger partial charge in [-0.05, 0) is 35.2 Å². The zero-order valence-corrected chi connectivity index (χ0v) is 11.8. The van der Waals surface area contributed by atoms with Gasteiger partial charge < -0.3 is 10.1 Å². The van der Waals surface area contributed by atoms with E-state index in [1.54, 1.807) is 7.11 Å². The van der Waals surface area contributed by atoms with Gasteiger partial charge >= 0.3 is 0 Å². The molecule has 0 spiro atoms. The second-order valence-electron chi connectivity index (χ2n) is 4.95. The number of methoxy groups -OCH3 is 1. The molecular formula is C17H21NO. The van der Waals surface area contributed by atoms with Gasteiger partial charge in [0.05, 0.1) is 7.11 Å². The minimum absolute atomic E-state index is 0.464. The van der Waals surface area contributed by atoms with Crippen molar-refractivity contribution in [2.45, 2.75) is 26.3 Å². The Kier molecular flexibility index (Phi) is 4.45. The van der Waals surface area contributed by atoms with Crippen LogP contribution in [0.4, 0.5) is 5.69 Å². The van der Waals surface area contributed by atoms with E-state index in [2.05, 4.69) is 49.5 Å². The van der Waals surface area contributed by atoms with Crippen LogP contribution in [0.25, 0.3) is 0 Å². The molecule has 0 bridgehead atoms. The molecule has 0 fully saturated rings. The molecule has 0 heterocycles. The largest absolute Gasteiger partial charge is 0.496 e. The van der Waals surface area contributed by atoms with E-state index in [0.717, 1.165) is 18.0 Å². The van der Waals surface area contributed by atoms with E-state index < -0.39 is 0 Å². The normalized spacial score (nSPS) is 10.5. The lowest BCUT2D eigenvalue weighted by Crippen LogP contribution is -2.01. The van der Waals surface area contributed by atoms with Gasteiger partial charge in [0, 0.05) is 12.2 Å². The summed E-state index contributed by atoms with van der Waals surface area (Å²) in [4.78, 5) is 0. The van der Waals surface area contributed by atoms with Crippen LogP contribution in [0, 0.1) is 0 Å². The first-order valence-electron chi connectivity index (χ1n) is 6.66. The molecular weight excluding hydrogens is 234 g/mol. The molecule has 0 unspecified atom stereocenters. The molecule has 2 heteroatoms. The molecule has 0 aliphatic heterocycles. The topological polar surface area (TPSA) is 21.3 Å². The van der Waals surface area contributed by atoms with Crippen LogP contribution < -0.4 is 10.1 Å². The fraction of sp³-hybridized carbons (Fsp3) is 0.294. The van der Waals surface area contributed by atoms with E-state index in [1.807, 2.05) is 18.2 Å². The van der Waals surface area contributed by atoms with E-state index in [1.165, 1.54) is 11.1 Å². The number of nitrogens with one attached hydrogen (secondary N) is 1. The molecule has 0 saturated heterocycles. The summed E-state index contributed by atoms with van der Waals surface area (Å²) in [5.74, 6) is 1.44. The zero-order chi connectivity index (χ0) is 13.7. The molecule has 2 rings (SSSR count). The van der Waals surface area contributed by atoms with Crippen molar-refractivity contribution in [3.8, 4) is 5.75 Å². The highest BCUT2D eigenvalue weighted by molar-refractivity contribution is 5.45. The fourth-order valence-corrected chi connectivity index (χ4v) is 2.11. The summed E-state index contributed by atoms with van der Waals surface area (Å²) < 4.78 is 5.40. The van der Waals surface area contributed by atoms with Crippen LogP contribution >= 0.6 is 0 Å². The predicted octanol–water partition coefficient (Wildman–Crippen LogP) is 4.43. The molecule has 2 aromatic rings. The van der Waals surface area contributed by atoms with E-state index in [4.69, 9.17) is 4.74 Å². The van der Waals surface area contributed by atoms with Crippen LogP contribution in [-0.2, 0) is 6.54 Å². The van der Waals surface area contributed by atoms with Crippen molar-refractivity contribution in [2.75, 3.05) is 12.4 Å². The smallest absolute Gasteiger partial charge is 0.122 e. The Labute approximate surface area is 115 Å². The first kappa shape index (κ1) is 13.5. The Hall–Kier alpha value is -1.96. The van der Waals surface area contributed by atoms with Crippen LogP contribution in [0.2, 0.25) is 0 Å². The number of ether oxygens (including phenoxy) is 1. The summed E-state index contributed by atoms with van der Waals surface area (Å²) in [6, 6.07) is 16.6. The van der Waals surface area contributed by atoms with Gasteiger partial charge in [0.1, 0.15) is 5.75 Å². The summed E-state index contributed by atoms with van der Waals surface area (Å²) in [6.45, 7) is 5.20. The third kappa shape index (κ3) is 3.50. The lowest BCUT2D eigenvalue weighted by molar-refractivity contribution is 0.407. The van der Waals surface area contributed by atoms with Crippen molar-refractivity contribution in [1.82, 2.24) is 0 Å². The molecule has 1 N–H and O–H groups in total. The summed E-state index contributed by atoms with van der Waals surface area (Å²) in [5.41, 5.74) is 3.67. The predicted molar refractivity (Wildman–Crippen MR) is 80.9 cm³/mol. The zero-order valence-electron chi connectivity index (χ0n) is 11.8. The number of anilines is 1. The van der Waals surface area contributed by atoms with Gasteiger partial charge in [-0.15, -0.1) is 0 Å². The molecule has 0 saturated carbocycles. The first-order chi connectivity index (χ1) is 9.20. The van der Waals surface area contributed by atoms with Crippen molar-refractivity contribution in [3.63, 3.8) is 0 Å². The monoisotopic (exact) mass is 255 g/mol. The van der Waals surface area contributed by atoms with E-state index in [-0.39, 0.29) is 0 Å². The Bertz CT molecular complexity index is 520. The van der Waals surface area contributed by atoms with E-state index >= 15 is 0 Å². The van der Waals surface area contributed by atoms with Gasteiger partial charge in [-0.3, -0.25) is 0 Å². The summed E-state index contributed by atoms with van der Waals surface area (Å²) >= 11 is 0. The molecule has 0 amide bonds. The van der Waals surface area contributed by atoms with Gasteiger partial charge in [-0.25, -0.2) is 0 Å². The van der Waals surface area contributed by atoms with Crippen LogP contribution in [0.15, 0.2) is 48.5 Å². The highest BCUT2D eigenvalue weighted by Crippen LogP contribution is 2.27. The third-order valence-electron chi connectivity index (χ3n) is 3.19.